The molecule has 1 unspecified atom stereocenters. The monoisotopic (exact) mass is 398 g/mol. The van der Waals surface area contributed by atoms with Crippen molar-refractivity contribution < 1.29 is 0 Å². The van der Waals surface area contributed by atoms with Gasteiger partial charge < -0.3 is 4.90 Å². The van der Waals surface area contributed by atoms with Gasteiger partial charge in [-0.05, 0) is 80.1 Å². The second kappa shape index (κ2) is 7.58. The SMILES string of the molecule is CCN1c2cc(Cl)c(/C=C(\C#N)c3cccc(Cl)c3)cc2C(C)CC1(C)C. The fourth-order valence-corrected chi connectivity index (χ4v) is 4.62. The molecule has 0 amide bonds. The summed E-state index contributed by atoms with van der Waals surface area (Å²) in [5.74, 6) is 0.430. The normalized spacial score (nSPS) is 18.8. The molecule has 1 heterocycles. The number of nitriles is 1. The summed E-state index contributed by atoms with van der Waals surface area (Å²) in [6.45, 7) is 9.94. The lowest BCUT2D eigenvalue weighted by Gasteiger charge is -2.47. The molecule has 140 valence electrons. The van der Waals surface area contributed by atoms with E-state index in [1.165, 1.54) is 11.3 Å². The van der Waals surface area contributed by atoms with Crippen molar-refractivity contribution in [2.75, 3.05) is 11.4 Å². The van der Waals surface area contributed by atoms with Crippen molar-refractivity contribution in [3.63, 3.8) is 0 Å². The first-order valence-electron chi connectivity index (χ1n) is 9.25. The van der Waals surface area contributed by atoms with E-state index < -0.39 is 0 Å². The Bertz CT molecular complexity index is 938. The third kappa shape index (κ3) is 3.86. The number of halogens is 2. The fraction of sp³-hybridized carbons (Fsp3) is 0.348. The van der Waals surface area contributed by atoms with Crippen LogP contribution in [0.5, 0.6) is 0 Å². The molecule has 4 heteroatoms. The summed E-state index contributed by atoms with van der Waals surface area (Å²) in [6.07, 6.45) is 2.94. The van der Waals surface area contributed by atoms with Crippen molar-refractivity contribution in [1.82, 2.24) is 0 Å². The maximum atomic E-state index is 9.65. The molecular weight excluding hydrogens is 375 g/mol. The first-order valence-corrected chi connectivity index (χ1v) is 10.0. The molecule has 0 bridgehead atoms. The molecule has 0 saturated carbocycles. The van der Waals surface area contributed by atoms with Crippen molar-refractivity contribution in [2.24, 2.45) is 0 Å². The van der Waals surface area contributed by atoms with Gasteiger partial charge >= 0.3 is 0 Å². The highest BCUT2D eigenvalue weighted by Gasteiger charge is 2.35. The Morgan fingerprint density at radius 1 is 1.30 bits per heavy atom. The lowest BCUT2D eigenvalue weighted by atomic mass is 9.79. The van der Waals surface area contributed by atoms with Crippen LogP contribution in [0.15, 0.2) is 36.4 Å². The number of allylic oxidation sites excluding steroid dienone is 1. The summed E-state index contributed by atoms with van der Waals surface area (Å²) in [7, 11) is 0. The van der Waals surface area contributed by atoms with E-state index in [2.05, 4.69) is 50.8 Å². The Balaban J connectivity index is 2.11. The summed E-state index contributed by atoms with van der Waals surface area (Å²) < 4.78 is 0. The van der Waals surface area contributed by atoms with Gasteiger partial charge in [-0.3, -0.25) is 0 Å². The molecule has 1 aliphatic heterocycles. The van der Waals surface area contributed by atoms with Gasteiger partial charge in [0.2, 0.25) is 0 Å². The average Bonchev–Trinajstić information content (AvgIpc) is 2.60. The van der Waals surface area contributed by atoms with Crippen molar-refractivity contribution in [2.45, 2.75) is 45.6 Å². The highest BCUT2D eigenvalue weighted by Crippen LogP contribution is 2.45. The molecule has 2 aromatic carbocycles. The predicted octanol–water partition coefficient (Wildman–Crippen LogP) is 7.17. The van der Waals surface area contributed by atoms with Crippen LogP contribution in [0.1, 0.15) is 56.7 Å². The van der Waals surface area contributed by atoms with Gasteiger partial charge in [-0.15, -0.1) is 0 Å². The topological polar surface area (TPSA) is 27.0 Å². The van der Waals surface area contributed by atoms with Crippen LogP contribution in [0.25, 0.3) is 11.6 Å². The third-order valence-electron chi connectivity index (χ3n) is 5.38. The largest absolute Gasteiger partial charge is 0.366 e. The summed E-state index contributed by atoms with van der Waals surface area (Å²) in [5, 5.41) is 10.9. The summed E-state index contributed by atoms with van der Waals surface area (Å²) >= 11 is 12.7. The predicted molar refractivity (Wildman–Crippen MR) is 117 cm³/mol. The molecule has 1 aliphatic rings. The van der Waals surface area contributed by atoms with Crippen LogP contribution < -0.4 is 4.90 Å². The Morgan fingerprint density at radius 2 is 2.04 bits per heavy atom. The van der Waals surface area contributed by atoms with Crippen LogP contribution in [0, 0.1) is 11.3 Å². The quantitative estimate of drug-likeness (QED) is 0.404. The first kappa shape index (κ1) is 19.8. The Morgan fingerprint density at radius 3 is 2.67 bits per heavy atom. The average molecular weight is 399 g/mol. The smallest absolute Gasteiger partial charge is 0.0998 e. The fourth-order valence-electron chi connectivity index (χ4n) is 4.22. The van der Waals surface area contributed by atoms with Crippen LogP contribution in [-0.2, 0) is 0 Å². The second-order valence-corrected chi connectivity index (χ2v) is 8.62. The molecule has 0 radical (unpaired) electrons. The molecule has 1 atom stereocenters. The van der Waals surface area contributed by atoms with Gasteiger partial charge in [0.25, 0.3) is 0 Å². The van der Waals surface area contributed by atoms with Gasteiger partial charge in [0.05, 0.1) is 11.6 Å². The van der Waals surface area contributed by atoms with Crippen LogP contribution in [0.3, 0.4) is 0 Å². The number of hydrogen-bond acceptors (Lipinski definition) is 2. The van der Waals surface area contributed by atoms with E-state index in [1.54, 1.807) is 12.1 Å². The van der Waals surface area contributed by atoms with E-state index in [0.29, 0.717) is 21.5 Å². The van der Waals surface area contributed by atoms with Gasteiger partial charge in [0.15, 0.2) is 0 Å². The summed E-state index contributed by atoms with van der Waals surface area (Å²) in [4.78, 5) is 2.42. The van der Waals surface area contributed by atoms with Crippen molar-refractivity contribution >= 4 is 40.5 Å². The molecule has 0 fully saturated rings. The Labute approximate surface area is 172 Å². The zero-order chi connectivity index (χ0) is 19.8. The molecule has 0 spiro atoms. The molecular formula is C23H24Cl2N2. The van der Waals surface area contributed by atoms with Crippen LogP contribution >= 0.6 is 23.2 Å². The molecule has 3 rings (SSSR count). The van der Waals surface area contributed by atoms with E-state index in [9.17, 15) is 5.26 Å². The van der Waals surface area contributed by atoms with Gasteiger partial charge in [-0.2, -0.15) is 5.26 Å². The van der Waals surface area contributed by atoms with E-state index in [4.69, 9.17) is 23.2 Å². The number of rotatable bonds is 3. The Kier molecular flexibility index (Phi) is 5.56. The molecule has 27 heavy (non-hydrogen) atoms. The van der Waals surface area contributed by atoms with Gasteiger partial charge in [-0.25, -0.2) is 0 Å². The number of anilines is 1. The Hall–Kier alpha value is -1.95. The number of fused-ring (bicyclic) bond motifs is 1. The highest BCUT2D eigenvalue weighted by molar-refractivity contribution is 6.33. The standard InChI is InChI=1S/C23H24Cl2N2/c1-5-27-22-12-21(25)17(11-20(22)15(2)13-23(27,3)4)9-18(14-26)16-7-6-8-19(24)10-16/h6-12,15H,5,13H2,1-4H3/b18-9+. The van der Waals surface area contributed by atoms with Gasteiger partial charge in [-0.1, -0.05) is 42.3 Å². The van der Waals surface area contributed by atoms with E-state index in [0.717, 1.165) is 24.1 Å². The number of hydrogen-bond donors (Lipinski definition) is 0. The first-order chi connectivity index (χ1) is 12.8. The molecule has 2 nitrogen and oxygen atoms in total. The van der Waals surface area contributed by atoms with Crippen LogP contribution in [0.4, 0.5) is 5.69 Å². The van der Waals surface area contributed by atoms with E-state index in [-0.39, 0.29) is 5.54 Å². The van der Waals surface area contributed by atoms with Gasteiger partial charge in [0.1, 0.15) is 0 Å². The zero-order valence-corrected chi connectivity index (χ0v) is 17.7. The maximum absolute atomic E-state index is 9.65. The minimum Gasteiger partial charge on any atom is -0.366 e. The minimum absolute atomic E-state index is 0.0977. The highest BCUT2D eigenvalue weighted by atomic mass is 35.5. The molecule has 2 aromatic rings. The summed E-state index contributed by atoms with van der Waals surface area (Å²) in [5.41, 5.74) is 4.80. The van der Waals surface area contributed by atoms with Gasteiger partial charge in [0, 0.05) is 27.8 Å². The second-order valence-electron chi connectivity index (χ2n) is 7.77. The molecule has 0 aromatic heterocycles. The van der Waals surface area contributed by atoms with Crippen molar-refractivity contribution in [3.05, 3.63) is 63.1 Å². The van der Waals surface area contributed by atoms with E-state index >= 15 is 0 Å². The number of benzene rings is 2. The van der Waals surface area contributed by atoms with Crippen LogP contribution in [0.2, 0.25) is 10.0 Å². The van der Waals surface area contributed by atoms with Crippen LogP contribution in [-0.4, -0.2) is 12.1 Å². The van der Waals surface area contributed by atoms with Crippen molar-refractivity contribution in [3.8, 4) is 6.07 Å². The van der Waals surface area contributed by atoms with E-state index in [1.807, 2.05) is 18.2 Å². The zero-order valence-electron chi connectivity index (χ0n) is 16.2. The summed E-state index contributed by atoms with van der Waals surface area (Å²) in [6, 6.07) is 13.8. The molecule has 0 aliphatic carbocycles. The lowest BCUT2D eigenvalue weighted by molar-refractivity contribution is 0.381. The third-order valence-corrected chi connectivity index (χ3v) is 5.94. The minimum atomic E-state index is 0.0977. The lowest BCUT2D eigenvalue weighted by Crippen LogP contribution is -2.48. The van der Waals surface area contributed by atoms with Crippen molar-refractivity contribution in [1.29, 1.82) is 5.26 Å². The number of nitrogens with zero attached hydrogens (tertiary/aromatic N) is 2. The molecule has 0 N–H and O–H groups in total. The maximum Gasteiger partial charge on any atom is 0.0998 e. The molecule has 0 saturated heterocycles.